The van der Waals surface area contributed by atoms with Gasteiger partial charge in [-0.2, -0.15) is 5.11 Å². The van der Waals surface area contributed by atoms with Gasteiger partial charge in [-0.15, -0.1) is 5.11 Å². The Labute approximate surface area is 375 Å². The van der Waals surface area contributed by atoms with Gasteiger partial charge in [0.15, 0.2) is 0 Å². The lowest BCUT2D eigenvalue weighted by Crippen LogP contribution is -2.10. The van der Waals surface area contributed by atoms with E-state index in [1.54, 1.807) is 72.8 Å². The van der Waals surface area contributed by atoms with E-state index in [-0.39, 0.29) is 6.54 Å². The number of hydrogen-bond donors (Lipinski definition) is 0. The van der Waals surface area contributed by atoms with Gasteiger partial charge in [0.25, 0.3) is 0 Å². The van der Waals surface area contributed by atoms with Crippen LogP contribution in [0.25, 0.3) is 21.0 Å². The maximum atomic E-state index is 13.5. The molecule has 6 aromatic rings. The van der Waals surface area contributed by atoms with Crippen molar-refractivity contribution in [3.8, 4) is 23.0 Å². The summed E-state index contributed by atoms with van der Waals surface area (Å²) in [5, 5.41) is 10.8. The molecule has 0 aliphatic heterocycles. The Bertz CT molecular complexity index is 2540. The Morgan fingerprint density at radius 3 is 1.70 bits per heavy atom. The number of fused-ring (bicyclic) bond motifs is 2. The number of azo groups is 1. The summed E-state index contributed by atoms with van der Waals surface area (Å²) < 4.78 is 34.4. The molecule has 0 saturated carbocycles. The van der Waals surface area contributed by atoms with Crippen LogP contribution >= 0.6 is 11.3 Å². The normalized spacial score (nSPS) is 11.0. The van der Waals surface area contributed by atoms with Crippen LogP contribution in [0, 0.1) is 0 Å². The lowest BCUT2D eigenvalue weighted by molar-refractivity contribution is -0.138. The number of para-hydroxylation sites is 1. The minimum absolute atomic E-state index is 0.0763. The highest BCUT2D eigenvalue weighted by Gasteiger charge is 2.16. The molecule has 64 heavy (non-hydrogen) atoms. The summed E-state index contributed by atoms with van der Waals surface area (Å²) >= 11 is 1.42. The van der Waals surface area contributed by atoms with Crippen molar-refractivity contribution in [1.82, 2.24) is 4.98 Å². The molecule has 14 heteroatoms. The van der Waals surface area contributed by atoms with Crippen molar-refractivity contribution >= 4 is 61.3 Å². The molecular formula is C50H49N3O10S. The monoisotopic (exact) mass is 883 g/mol. The lowest BCUT2D eigenvalue weighted by atomic mass is 10.1. The zero-order valence-electron chi connectivity index (χ0n) is 35.4. The van der Waals surface area contributed by atoms with Crippen LogP contribution < -0.4 is 18.9 Å². The van der Waals surface area contributed by atoms with Crippen molar-refractivity contribution < 1.29 is 47.6 Å². The molecule has 0 bridgehead atoms. The van der Waals surface area contributed by atoms with E-state index >= 15 is 0 Å². The van der Waals surface area contributed by atoms with Gasteiger partial charge in [-0.05, 0) is 147 Å². The van der Waals surface area contributed by atoms with Gasteiger partial charge in [-0.1, -0.05) is 42.7 Å². The van der Waals surface area contributed by atoms with Crippen LogP contribution in [0.1, 0.15) is 77.6 Å². The van der Waals surface area contributed by atoms with Crippen molar-refractivity contribution in [2.75, 3.05) is 26.4 Å². The summed E-state index contributed by atoms with van der Waals surface area (Å²) in [7, 11) is 0. The zero-order chi connectivity index (χ0) is 44.9. The van der Waals surface area contributed by atoms with Crippen LogP contribution in [0.4, 0.5) is 5.13 Å². The number of ether oxygens (including phenoxy) is 6. The molecule has 0 spiro atoms. The minimum Gasteiger partial charge on any atom is -0.494 e. The van der Waals surface area contributed by atoms with E-state index in [1.165, 1.54) is 11.3 Å². The summed E-state index contributed by atoms with van der Waals surface area (Å²) in [5.74, 6) is -0.0175. The fourth-order valence-electron chi connectivity index (χ4n) is 6.32. The van der Waals surface area contributed by atoms with Gasteiger partial charge >= 0.3 is 23.9 Å². The van der Waals surface area contributed by atoms with Crippen molar-refractivity contribution in [1.29, 1.82) is 0 Å². The van der Waals surface area contributed by atoms with E-state index in [0.29, 0.717) is 71.2 Å². The first-order valence-corrected chi connectivity index (χ1v) is 21.9. The van der Waals surface area contributed by atoms with Crippen molar-refractivity contribution in [2.45, 2.75) is 57.9 Å². The standard InChI is InChI=1S/C50H49N3O10S/c1-3-46(54)60-29-13-7-5-11-27-58-40-22-17-35(18-23-40)48(56)62-42-26-21-37-33-44(39(31-38(37)32-42)34-51-53-50-52-43-15-9-10-16-45(43)64-50)63-49(57)36-19-24-41(25-20-36)59-28-12-6-8-14-30-61-47(55)4-2/h3-4,9-10,15-26,31-33H,1-2,5-8,11-14,27-30,34H2. The van der Waals surface area contributed by atoms with Crippen LogP contribution in [0.5, 0.6) is 23.0 Å². The number of rotatable bonds is 25. The third-order valence-corrected chi connectivity index (χ3v) is 10.6. The maximum absolute atomic E-state index is 13.5. The maximum Gasteiger partial charge on any atom is 0.343 e. The third kappa shape index (κ3) is 14.4. The summed E-state index contributed by atoms with van der Waals surface area (Å²) in [4.78, 5) is 53.4. The minimum atomic E-state index is -0.560. The molecule has 0 aliphatic rings. The van der Waals surface area contributed by atoms with Gasteiger partial charge < -0.3 is 28.4 Å². The lowest BCUT2D eigenvalue weighted by Gasteiger charge is -2.12. The second kappa shape index (κ2) is 24.4. The Hall–Kier alpha value is -7.19. The number of carbonyl (C=O) groups excluding carboxylic acids is 4. The molecule has 0 atom stereocenters. The number of benzene rings is 5. The molecule has 0 saturated heterocycles. The van der Waals surface area contributed by atoms with Gasteiger partial charge in [0.05, 0.1) is 54.3 Å². The Morgan fingerprint density at radius 1 is 0.578 bits per heavy atom. The molecule has 0 N–H and O–H groups in total. The molecular weight excluding hydrogens is 835 g/mol. The van der Waals surface area contributed by atoms with E-state index in [0.717, 1.165) is 84.5 Å². The smallest absolute Gasteiger partial charge is 0.343 e. The second-order valence-corrected chi connectivity index (χ2v) is 15.4. The first-order valence-electron chi connectivity index (χ1n) is 21.1. The van der Waals surface area contributed by atoms with Crippen LogP contribution in [0.3, 0.4) is 0 Å². The highest BCUT2D eigenvalue weighted by atomic mass is 32.1. The predicted molar refractivity (Wildman–Crippen MR) is 245 cm³/mol. The van der Waals surface area contributed by atoms with Crippen LogP contribution in [-0.4, -0.2) is 55.3 Å². The van der Waals surface area contributed by atoms with Gasteiger partial charge in [-0.25, -0.2) is 24.2 Å². The molecule has 0 radical (unpaired) electrons. The molecule has 0 amide bonds. The molecule has 0 fully saturated rings. The van der Waals surface area contributed by atoms with Crippen molar-refractivity contribution in [2.24, 2.45) is 10.2 Å². The molecule has 0 aliphatic carbocycles. The van der Waals surface area contributed by atoms with E-state index in [2.05, 4.69) is 28.4 Å². The largest absolute Gasteiger partial charge is 0.494 e. The molecule has 6 rings (SSSR count). The Balaban J connectivity index is 1.06. The quantitative estimate of drug-likeness (QED) is 0.0177. The van der Waals surface area contributed by atoms with Gasteiger partial charge in [0.2, 0.25) is 5.13 Å². The number of esters is 4. The fourth-order valence-corrected chi connectivity index (χ4v) is 7.12. The number of thiazole rings is 1. The zero-order valence-corrected chi connectivity index (χ0v) is 36.2. The molecule has 1 aromatic heterocycles. The number of nitrogens with zero attached hydrogens (tertiary/aromatic N) is 3. The Morgan fingerprint density at radius 2 is 1.12 bits per heavy atom. The van der Waals surface area contributed by atoms with Crippen LogP contribution in [-0.2, 0) is 25.6 Å². The van der Waals surface area contributed by atoms with Crippen LogP contribution in [0.15, 0.2) is 139 Å². The molecule has 0 unspecified atom stereocenters. The average molecular weight is 884 g/mol. The third-order valence-electron chi connectivity index (χ3n) is 9.70. The molecule has 13 nitrogen and oxygen atoms in total. The summed E-state index contributed by atoms with van der Waals surface area (Å²) in [6.45, 7) is 8.62. The molecule has 330 valence electrons. The van der Waals surface area contributed by atoms with Crippen molar-refractivity contribution in [3.05, 3.63) is 145 Å². The number of aromatic nitrogens is 1. The number of hydrogen-bond acceptors (Lipinski definition) is 14. The van der Waals surface area contributed by atoms with Gasteiger partial charge in [0, 0.05) is 17.7 Å². The first-order chi connectivity index (χ1) is 31.3. The Kier molecular flexibility index (Phi) is 17.7. The topological polar surface area (TPSA) is 161 Å². The van der Waals surface area contributed by atoms with E-state index in [1.807, 2.05) is 30.3 Å². The number of unbranched alkanes of at least 4 members (excludes halogenated alkanes) is 6. The summed E-state index contributed by atoms with van der Waals surface area (Å²) in [5.41, 5.74) is 2.10. The summed E-state index contributed by atoms with van der Waals surface area (Å²) in [6, 6.07) is 30.1. The first kappa shape index (κ1) is 46.3. The van der Waals surface area contributed by atoms with Gasteiger partial charge in [-0.3, -0.25) is 0 Å². The summed E-state index contributed by atoms with van der Waals surface area (Å²) in [6.07, 6.45) is 9.20. The molecule has 5 aromatic carbocycles. The van der Waals surface area contributed by atoms with E-state index < -0.39 is 23.9 Å². The second-order valence-electron chi connectivity index (χ2n) is 14.4. The van der Waals surface area contributed by atoms with Gasteiger partial charge in [0.1, 0.15) is 23.0 Å². The predicted octanol–water partition coefficient (Wildman–Crippen LogP) is 11.5. The highest BCUT2D eigenvalue weighted by molar-refractivity contribution is 7.21. The fraction of sp³-hybridized carbons (Fsp3) is 0.260. The van der Waals surface area contributed by atoms with E-state index in [9.17, 15) is 19.2 Å². The SMILES string of the molecule is C=CC(=O)OCCCCCCOc1ccc(C(=O)Oc2ccc3cc(OC(=O)c4ccc(OCCCCCCOC(=O)C=C)cc4)c(CN=Nc4nc5ccccc5s4)cc3c2)cc1. The number of carbonyl (C=O) groups is 4. The van der Waals surface area contributed by atoms with E-state index in [4.69, 9.17) is 28.4 Å². The molecule has 1 heterocycles. The van der Waals surface area contributed by atoms with Crippen LogP contribution in [0.2, 0.25) is 0 Å². The highest BCUT2D eigenvalue weighted by Crippen LogP contribution is 2.32. The average Bonchev–Trinajstić information content (AvgIpc) is 3.74. The van der Waals surface area contributed by atoms with Crippen molar-refractivity contribution in [3.63, 3.8) is 0 Å².